The number of allylic oxidation sites excluding steroid dienone is 1. The Labute approximate surface area is 141 Å². The molecule has 2 aliphatic carbocycles. The van der Waals surface area contributed by atoms with Crippen molar-refractivity contribution in [2.75, 3.05) is 0 Å². The molecule has 0 radical (unpaired) electrons. The van der Waals surface area contributed by atoms with E-state index in [1.165, 1.54) is 56.3 Å². The molecule has 2 aromatic carbocycles. The van der Waals surface area contributed by atoms with Crippen LogP contribution in [0.4, 0.5) is 0 Å². The van der Waals surface area contributed by atoms with Crippen LogP contribution < -0.4 is 0 Å². The van der Waals surface area contributed by atoms with E-state index in [4.69, 9.17) is 0 Å². The van der Waals surface area contributed by atoms with Crippen molar-refractivity contribution in [2.24, 2.45) is 0 Å². The van der Waals surface area contributed by atoms with E-state index in [0.29, 0.717) is 0 Å². The zero-order valence-corrected chi connectivity index (χ0v) is 14.7. The molecule has 0 N–H and O–H groups in total. The molecule has 0 saturated heterocycles. The zero-order chi connectivity index (χ0) is 15.8. The van der Waals surface area contributed by atoms with E-state index in [-0.39, 0.29) is 5.41 Å². The Kier molecular flexibility index (Phi) is 2.57. The van der Waals surface area contributed by atoms with Crippen molar-refractivity contribution >= 4 is 27.5 Å². The highest BCUT2D eigenvalue weighted by atomic mass is 32.1. The zero-order valence-electron chi connectivity index (χ0n) is 13.9. The molecule has 0 bridgehead atoms. The molecule has 5 rings (SSSR count). The van der Waals surface area contributed by atoms with Gasteiger partial charge in [0.1, 0.15) is 0 Å². The highest BCUT2D eigenvalue weighted by Gasteiger charge is 2.36. The third-order valence-electron chi connectivity index (χ3n) is 5.58. The molecule has 0 spiro atoms. The van der Waals surface area contributed by atoms with Crippen LogP contribution in [-0.2, 0) is 11.8 Å². The van der Waals surface area contributed by atoms with E-state index >= 15 is 0 Å². The molecule has 3 aromatic rings. The summed E-state index contributed by atoms with van der Waals surface area (Å²) in [4.78, 5) is 1.56. The van der Waals surface area contributed by atoms with Crippen LogP contribution in [0.3, 0.4) is 0 Å². The van der Waals surface area contributed by atoms with Crippen molar-refractivity contribution in [3.05, 3.63) is 63.5 Å². The van der Waals surface area contributed by atoms with E-state index in [0.717, 1.165) is 0 Å². The van der Waals surface area contributed by atoms with Gasteiger partial charge in [0.2, 0.25) is 0 Å². The lowest BCUT2D eigenvalue weighted by molar-refractivity contribution is 0.661. The first-order valence-electron chi connectivity index (χ1n) is 8.43. The molecule has 2 aliphatic rings. The SMILES string of the molecule is Cc1ccc2c(c1)-c1cc3c4c(sc3cc1C2(C)C)CCC=C4. The van der Waals surface area contributed by atoms with Gasteiger partial charge in [-0.3, -0.25) is 0 Å². The monoisotopic (exact) mass is 316 g/mol. The van der Waals surface area contributed by atoms with Crippen LogP contribution in [0.5, 0.6) is 0 Å². The van der Waals surface area contributed by atoms with Crippen molar-refractivity contribution in [1.82, 2.24) is 0 Å². The third-order valence-corrected chi connectivity index (χ3v) is 6.81. The van der Waals surface area contributed by atoms with Crippen LogP contribution in [0.15, 0.2) is 36.4 Å². The number of fused-ring (bicyclic) bond motifs is 6. The average molecular weight is 316 g/mol. The molecule has 0 saturated carbocycles. The summed E-state index contributed by atoms with van der Waals surface area (Å²) in [6.45, 7) is 6.93. The molecule has 0 atom stereocenters. The fourth-order valence-corrected chi connectivity index (χ4v) is 5.54. The number of benzene rings is 2. The van der Waals surface area contributed by atoms with Crippen molar-refractivity contribution < 1.29 is 0 Å². The molecule has 1 aromatic heterocycles. The van der Waals surface area contributed by atoms with Crippen LogP contribution >= 0.6 is 11.3 Å². The predicted octanol–water partition coefficient (Wildman–Crippen LogP) is 6.48. The Hall–Kier alpha value is -1.86. The summed E-state index contributed by atoms with van der Waals surface area (Å²) in [5, 5.41) is 1.45. The van der Waals surface area contributed by atoms with E-state index in [2.05, 4.69) is 63.3 Å². The Morgan fingerprint density at radius 2 is 1.83 bits per heavy atom. The molecule has 1 heterocycles. The molecule has 0 fully saturated rings. The second kappa shape index (κ2) is 4.36. The molecular formula is C22H20S. The summed E-state index contributed by atoms with van der Waals surface area (Å²) < 4.78 is 1.46. The number of hydrogen-bond donors (Lipinski definition) is 0. The first-order chi connectivity index (χ1) is 11.1. The van der Waals surface area contributed by atoms with Gasteiger partial charge in [-0.1, -0.05) is 49.8 Å². The first kappa shape index (κ1) is 13.6. The fourth-order valence-electron chi connectivity index (χ4n) is 4.31. The maximum absolute atomic E-state index is 2.47. The van der Waals surface area contributed by atoms with Crippen molar-refractivity contribution in [2.45, 2.75) is 39.0 Å². The number of hydrogen-bond acceptors (Lipinski definition) is 1. The highest BCUT2D eigenvalue weighted by Crippen LogP contribution is 2.51. The summed E-state index contributed by atoms with van der Waals surface area (Å²) in [5.41, 5.74) is 8.77. The summed E-state index contributed by atoms with van der Waals surface area (Å²) in [7, 11) is 0. The Bertz CT molecular complexity index is 998. The smallest absolute Gasteiger partial charge is 0.0355 e. The maximum Gasteiger partial charge on any atom is 0.0355 e. The van der Waals surface area contributed by atoms with Crippen LogP contribution in [-0.4, -0.2) is 0 Å². The standard InChI is InChI=1S/C22H20S/c1-13-8-9-18-15(10-13)16-11-17-14-6-4-5-7-20(14)23-21(17)12-19(16)22(18,2)3/h4,6,8-12H,5,7H2,1-3H3. The molecule has 0 unspecified atom stereocenters. The fraction of sp³-hybridized carbons (Fsp3) is 0.273. The topological polar surface area (TPSA) is 0 Å². The lowest BCUT2D eigenvalue weighted by Gasteiger charge is -2.21. The summed E-state index contributed by atoms with van der Waals surface area (Å²) in [6.07, 6.45) is 7.05. The molecule has 0 nitrogen and oxygen atoms in total. The minimum absolute atomic E-state index is 0.104. The number of aryl methyl sites for hydroxylation is 2. The van der Waals surface area contributed by atoms with Crippen LogP contribution in [0.1, 0.15) is 47.4 Å². The Morgan fingerprint density at radius 1 is 1.00 bits per heavy atom. The maximum atomic E-state index is 2.47. The summed E-state index contributed by atoms with van der Waals surface area (Å²) in [6, 6.07) is 11.9. The largest absolute Gasteiger partial charge is 0.140 e. The minimum Gasteiger partial charge on any atom is -0.140 e. The van der Waals surface area contributed by atoms with Crippen molar-refractivity contribution in [3.8, 4) is 11.1 Å². The van der Waals surface area contributed by atoms with Crippen LogP contribution in [0.25, 0.3) is 27.3 Å². The molecule has 1 heteroatoms. The molecule has 114 valence electrons. The lowest BCUT2D eigenvalue weighted by Crippen LogP contribution is -2.14. The van der Waals surface area contributed by atoms with Gasteiger partial charge in [-0.05, 0) is 59.7 Å². The number of rotatable bonds is 0. The van der Waals surface area contributed by atoms with Gasteiger partial charge < -0.3 is 0 Å². The average Bonchev–Trinajstić information content (AvgIpc) is 3.00. The van der Waals surface area contributed by atoms with E-state index in [9.17, 15) is 0 Å². The normalized spacial score (nSPS) is 17.2. The van der Waals surface area contributed by atoms with Gasteiger partial charge in [0, 0.05) is 20.4 Å². The van der Waals surface area contributed by atoms with Crippen LogP contribution in [0.2, 0.25) is 0 Å². The second-order valence-electron chi connectivity index (χ2n) is 7.45. The summed E-state index contributed by atoms with van der Waals surface area (Å²) in [5.74, 6) is 0. The van der Waals surface area contributed by atoms with Gasteiger partial charge in [0.15, 0.2) is 0 Å². The van der Waals surface area contributed by atoms with Gasteiger partial charge in [0.25, 0.3) is 0 Å². The first-order valence-corrected chi connectivity index (χ1v) is 9.25. The Balaban J connectivity index is 1.88. The molecule has 0 amide bonds. The van der Waals surface area contributed by atoms with E-state index in [1.807, 2.05) is 11.3 Å². The van der Waals surface area contributed by atoms with Crippen LogP contribution in [0, 0.1) is 6.92 Å². The lowest BCUT2D eigenvalue weighted by atomic mass is 9.82. The summed E-state index contributed by atoms with van der Waals surface area (Å²) >= 11 is 2.00. The minimum atomic E-state index is 0.104. The number of thiophene rings is 1. The van der Waals surface area contributed by atoms with Gasteiger partial charge >= 0.3 is 0 Å². The van der Waals surface area contributed by atoms with Gasteiger partial charge in [0.05, 0.1) is 0 Å². The highest BCUT2D eigenvalue weighted by molar-refractivity contribution is 7.19. The van der Waals surface area contributed by atoms with E-state index in [1.54, 1.807) is 4.88 Å². The Morgan fingerprint density at radius 3 is 2.70 bits per heavy atom. The van der Waals surface area contributed by atoms with E-state index < -0.39 is 0 Å². The molecule has 23 heavy (non-hydrogen) atoms. The predicted molar refractivity (Wildman–Crippen MR) is 101 cm³/mol. The van der Waals surface area contributed by atoms with Crippen molar-refractivity contribution in [1.29, 1.82) is 0 Å². The third kappa shape index (κ3) is 1.72. The quantitative estimate of drug-likeness (QED) is 0.445. The van der Waals surface area contributed by atoms with Crippen molar-refractivity contribution in [3.63, 3.8) is 0 Å². The van der Waals surface area contributed by atoms with Gasteiger partial charge in [-0.2, -0.15) is 0 Å². The van der Waals surface area contributed by atoms with Gasteiger partial charge in [-0.15, -0.1) is 11.3 Å². The van der Waals surface area contributed by atoms with Gasteiger partial charge in [-0.25, -0.2) is 0 Å². The molecule has 0 aliphatic heterocycles. The second-order valence-corrected chi connectivity index (χ2v) is 8.58. The molecular weight excluding hydrogens is 296 g/mol.